The highest BCUT2D eigenvalue weighted by molar-refractivity contribution is 9.10. The van der Waals surface area contributed by atoms with E-state index in [2.05, 4.69) is 31.2 Å². The molecule has 0 bridgehead atoms. The number of nitrogens with one attached hydrogen (secondary N) is 2. The van der Waals surface area contributed by atoms with E-state index in [0.717, 1.165) is 21.8 Å². The third-order valence-corrected chi connectivity index (χ3v) is 5.07. The molecule has 0 unspecified atom stereocenters. The van der Waals surface area contributed by atoms with Crippen molar-refractivity contribution in [3.8, 4) is 11.3 Å². The van der Waals surface area contributed by atoms with Gasteiger partial charge in [-0.2, -0.15) is 0 Å². The van der Waals surface area contributed by atoms with E-state index in [4.69, 9.17) is 4.42 Å². The van der Waals surface area contributed by atoms with Crippen LogP contribution in [0.4, 0.5) is 0 Å². The Labute approximate surface area is 156 Å². The van der Waals surface area contributed by atoms with Gasteiger partial charge in [0.1, 0.15) is 5.69 Å². The zero-order chi connectivity index (χ0) is 17.2. The van der Waals surface area contributed by atoms with Crippen LogP contribution in [0.15, 0.2) is 56.9 Å². The molecule has 0 aliphatic heterocycles. The van der Waals surface area contributed by atoms with Crippen LogP contribution in [0.1, 0.15) is 15.5 Å². The average Bonchev–Trinajstić information content (AvgIpc) is 3.30. The van der Waals surface area contributed by atoms with E-state index in [0.29, 0.717) is 28.9 Å². The zero-order valence-electron chi connectivity index (χ0n) is 13.1. The van der Waals surface area contributed by atoms with Crippen LogP contribution in [0.2, 0.25) is 0 Å². The number of thiazole rings is 1. The van der Waals surface area contributed by atoms with Crippen LogP contribution in [0.3, 0.4) is 0 Å². The van der Waals surface area contributed by atoms with E-state index in [9.17, 15) is 4.79 Å². The Bertz CT molecular complexity index is 988. The minimum absolute atomic E-state index is 0.151. The summed E-state index contributed by atoms with van der Waals surface area (Å²) in [7, 11) is 0. The molecule has 126 valence electrons. The van der Waals surface area contributed by atoms with Gasteiger partial charge in [0, 0.05) is 36.0 Å². The number of H-pyrrole nitrogens is 1. The maximum absolute atomic E-state index is 12.2. The first-order valence-corrected chi connectivity index (χ1v) is 9.42. The fraction of sp³-hybridized carbons (Fsp3) is 0.111. The van der Waals surface area contributed by atoms with Gasteiger partial charge in [-0.25, -0.2) is 4.98 Å². The van der Waals surface area contributed by atoms with Gasteiger partial charge in [0.15, 0.2) is 10.3 Å². The molecule has 0 saturated carbocycles. The van der Waals surface area contributed by atoms with E-state index in [1.165, 1.54) is 0 Å². The zero-order valence-corrected chi connectivity index (χ0v) is 15.5. The Morgan fingerprint density at radius 2 is 2.12 bits per heavy atom. The quantitative estimate of drug-likeness (QED) is 0.499. The highest BCUT2D eigenvalue weighted by atomic mass is 79.9. The van der Waals surface area contributed by atoms with Crippen molar-refractivity contribution >= 4 is 44.3 Å². The number of hydrogen-bond acceptors (Lipinski definition) is 4. The molecule has 3 heterocycles. The second-order valence-corrected chi connectivity index (χ2v) is 7.23. The molecule has 25 heavy (non-hydrogen) atoms. The number of nitrogens with zero attached hydrogens (tertiary/aromatic N) is 1. The number of carbonyl (C=O) groups is 1. The van der Waals surface area contributed by atoms with Gasteiger partial charge in [-0.1, -0.05) is 30.3 Å². The number of aromatic nitrogens is 2. The standard InChI is InChI=1S/C18H14BrN3O2S/c19-16-9-12-15(24-16)8-13(21-12)18(23)20-7-6-17-22-14(10-25-17)11-4-2-1-3-5-11/h1-5,8-10,21H,6-7H2,(H,20,23). The van der Waals surface area contributed by atoms with Gasteiger partial charge < -0.3 is 14.7 Å². The van der Waals surface area contributed by atoms with Crippen molar-refractivity contribution in [1.82, 2.24) is 15.3 Å². The van der Waals surface area contributed by atoms with Crippen LogP contribution < -0.4 is 5.32 Å². The van der Waals surface area contributed by atoms with Crippen LogP contribution in [-0.4, -0.2) is 22.4 Å². The molecule has 0 saturated heterocycles. The number of furan rings is 1. The third-order valence-electron chi connectivity index (χ3n) is 3.77. The fourth-order valence-corrected chi connectivity index (χ4v) is 3.77. The molecule has 4 aromatic rings. The van der Waals surface area contributed by atoms with E-state index in [1.807, 2.05) is 35.7 Å². The van der Waals surface area contributed by atoms with Crippen LogP contribution in [0.5, 0.6) is 0 Å². The highest BCUT2D eigenvalue weighted by Gasteiger charge is 2.12. The van der Waals surface area contributed by atoms with Crippen molar-refractivity contribution in [3.63, 3.8) is 0 Å². The lowest BCUT2D eigenvalue weighted by Crippen LogP contribution is -2.25. The second kappa shape index (κ2) is 6.85. The molecule has 0 radical (unpaired) electrons. The minimum atomic E-state index is -0.151. The molecule has 0 spiro atoms. The van der Waals surface area contributed by atoms with E-state index < -0.39 is 0 Å². The van der Waals surface area contributed by atoms with Gasteiger partial charge in [0.25, 0.3) is 5.91 Å². The average molecular weight is 416 g/mol. The largest absolute Gasteiger partial charge is 0.448 e. The third kappa shape index (κ3) is 3.52. The van der Waals surface area contributed by atoms with Crippen molar-refractivity contribution in [2.24, 2.45) is 0 Å². The van der Waals surface area contributed by atoms with Crippen LogP contribution in [-0.2, 0) is 6.42 Å². The van der Waals surface area contributed by atoms with Crippen molar-refractivity contribution in [2.45, 2.75) is 6.42 Å². The lowest BCUT2D eigenvalue weighted by atomic mass is 10.2. The van der Waals surface area contributed by atoms with Gasteiger partial charge in [0.05, 0.1) is 16.2 Å². The molecule has 0 aliphatic rings. The van der Waals surface area contributed by atoms with Gasteiger partial charge >= 0.3 is 0 Å². The lowest BCUT2D eigenvalue weighted by Gasteiger charge is -2.01. The van der Waals surface area contributed by atoms with Crippen LogP contribution in [0.25, 0.3) is 22.4 Å². The first-order chi connectivity index (χ1) is 12.2. The summed E-state index contributed by atoms with van der Waals surface area (Å²) in [5, 5.41) is 5.95. The number of carbonyl (C=O) groups excluding carboxylic acids is 1. The van der Waals surface area contributed by atoms with Crippen molar-refractivity contribution in [3.05, 3.63) is 63.2 Å². The van der Waals surface area contributed by atoms with Crippen molar-refractivity contribution < 1.29 is 9.21 Å². The number of amides is 1. The lowest BCUT2D eigenvalue weighted by molar-refractivity contribution is 0.0950. The molecule has 2 N–H and O–H groups in total. The molecule has 4 rings (SSSR count). The predicted molar refractivity (Wildman–Crippen MR) is 102 cm³/mol. The summed E-state index contributed by atoms with van der Waals surface area (Å²) in [6.07, 6.45) is 0.700. The number of halogens is 1. The normalized spacial score (nSPS) is 11.1. The SMILES string of the molecule is O=C(NCCc1nc(-c2ccccc2)cs1)c1cc2oc(Br)cc2[nH]1. The van der Waals surface area contributed by atoms with Crippen LogP contribution >= 0.6 is 27.3 Å². The van der Waals surface area contributed by atoms with Gasteiger partial charge in [0.2, 0.25) is 0 Å². The summed E-state index contributed by atoms with van der Waals surface area (Å²) in [5.74, 6) is -0.151. The highest BCUT2D eigenvalue weighted by Crippen LogP contribution is 2.24. The first-order valence-electron chi connectivity index (χ1n) is 7.75. The maximum Gasteiger partial charge on any atom is 0.267 e. The van der Waals surface area contributed by atoms with Crippen molar-refractivity contribution in [1.29, 1.82) is 0 Å². The fourth-order valence-electron chi connectivity index (χ4n) is 2.56. The number of aromatic amines is 1. The summed E-state index contributed by atoms with van der Waals surface area (Å²) in [6.45, 7) is 0.532. The maximum atomic E-state index is 12.2. The summed E-state index contributed by atoms with van der Waals surface area (Å²) in [6, 6.07) is 13.6. The molecule has 1 aromatic carbocycles. The monoisotopic (exact) mass is 415 g/mol. The minimum Gasteiger partial charge on any atom is -0.448 e. The topological polar surface area (TPSA) is 70.9 Å². The number of hydrogen-bond donors (Lipinski definition) is 2. The predicted octanol–water partition coefficient (Wildman–Crippen LogP) is 4.62. The van der Waals surface area contributed by atoms with Gasteiger partial charge in [-0.15, -0.1) is 11.3 Å². The molecule has 0 aliphatic carbocycles. The van der Waals surface area contributed by atoms with Crippen LogP contribution in [0, 0.1) is 0 Å². The van der Waals surface area contributed by atoms with E-state index in [1.54, 1.807) is 23.5 Å². The summed E-state index contributed by atoms with van der Waals surface area (Å²) in [5.41, 5.74) is 4.02. The van der Waals surface area contributed by atoms with Gasteiger partial charge in [-0.3, -0.25) is 4.79 Å². The molecule has 3 aromatic heterocycles. The van der Waals surface area contributed by atoms with E-state index >= 15 is 0 Å². The summed E-state index contributed by atoms with van der Waals surface area (Å²) < 4.78 is 6.05. The Morgan fingerprint density at radius 1 is 1.28 bits per heavy atom. The van der Waals surface area contributed by atoms with Crippen molar-refractivity contribution in [2.75, 3.05) is 6.54 Å². The Balaban J connectivity index is 1.35. The Kier molecular flexibility index (Phi) is 4.42. The molecule has 0 fully saturated rings. The Morgan fingerprint density at radius 3 is 2.92 bits per heavy atom. The van der Waals surface area contributed by atoms with Gasteiger partial charge in [-0.05, 0) is 15.9 Å². The molecule has 5 nitrogen and oxygen atoms in total. The Hall–Kier alpha value is -2.38. The molecular formula is C18H14BrN3O2S. The summed E-state index contributed by atoms with van der Waals surface area (Å²) >= 11 is 4.87. The number of rotatable bonds is 5. The molecule has 1 amide bonds. The number of fused-ring (bicyclic) bond motifs is 1. The first kappa shape index (κ1) is 16.1. The smallest absolute Gasteiger partial charge is 0.267 e. The molecular weight excluding hydrogens is 402 g/mol. The summed E-state index contributed by atoms with van der Waals surface area (Å²) in [4.78, 5) is 19.9. The second-order valence-electron chi connectivity index (χ2n) is 5.51. The number of benzene rings is 1. The molecule has 0 atom stereocenters. The van der Waals surface area contributed by atoms with E-state index in [-0.39, 0.29) is 5.91 Å². The molecule has 7 heteroatoms.